The summed E-state index contributed by atoms with van der Waals surface area (Å²) in [4.78, 5) is 12.7. The third-order valence-corrected chi connectivity index (χ3v) is 6.97. The van der Waals surface area contributed by atoms with E-state index >= 15 is 0 Å². The van der Waals surface area contributed by atoms with Gasteiger partial charge in [0.25, 0.3) is 0 Å². The predicted octanol–water partition coefficient (Wildman–Crippen LogP) is 5.59. The number of halogens is 3. The molecule has 0 heterocycles. The summed E-state index contributed by atoms with van der Waals surface area (Å²) in [6.07, 6.45) is 0. The first kappa shape index (κ1) is 22.8. The lowest BCUT2D eigenvalue weighted by Gasteiger charge is -2.22. The molecule has 156 valence electrons. The van der Waals surface area contributed by atoms with Crippen LogP contribution < -0.4 is 5.32 Å². The van der Waals surface area contributed by atoms with E-state index in [1.54, 1.807) is 60.7 Å². The fourth-order valence-corrected chi connectivity index (χ4v) is 4.67. The van der Waals surface area contributed by atoms with Crippen molar-refractivity contribution in [2.75, 3.05) is 11.9 Å². The van der Waals surface area contributed by atoms with E-state index in [2.05, 4.69) is 21.2 Å². The molecule has 0 aliphatic carbocycles. The molecule has 9 heteroatoms. The molecule has 3 aromatic carbocycles. The van der Waals surface area contributed by atoms with Crippen molar-refractivity contribution in [2.45, 2.75) is 11.4 Å². The molecule has 0 spiro atoms. The van der Waals surface area contributed by atoms with Crippen molar-refractivity contribution >= 4 is 60.7 Å². The topological polar surface area (TPSA) is 66.5 Å². The Labute approximate surface area is 193 Å². The Morgan fingerprint density at radius 3 is 2.23 bits per heavy atom. The Morgan fingerprint density at radius 2 is 1.60 bits per heavy atom. The zero-order valence-corrected chi connectivity index (χ0v) is 19.5. The Bertz CT molecular complexity index is 1140. The van der Waals surface area contributed by atoms with Gasteiger partial charge >= 0.3 is 0 Å². The second-order valence-corrected chi connectivity index (χ2v) is 10.1. The third kappa shape index (κ3) is 6.06. The first-order valence-corrected chi connectivity index (χ1v) is 11.8. The number of carbonyl (C=O) groups is 1. The second-order valence-electron chi connectivity index (χ2n) is 6.41. The van der Waals surface area contributed by atoms with Gasteiger partial charge in [0.2, 0.25) is 15.9 Å². The number of nitrogens with zero attached hydrogens (tertiary/aromatic N) is 1. The molecule has 3 rings (SSSR count). The molecule has 30 heavy (non-hydrogen) atoms. The van der Waals surface area contributed by atoms with Crippen LogP contribution in [0.3, 0.4) is 0 Å². The van der Waals surface area contributed by atoms with Crippen molar-refractivity contribution < 1.29 is 13.2 Å². The van der Waals surface area contributed by atoms with Gasteiger partial charge in [0.15, 0.2) is 0 Å². The Balaban J connectivity index is 1.87. The highest BCUT2D eigenvalue weighted by molar-refractivity contribution is 9.10. The summed E-state index contributed by atoms with van der Waals surface area (Å²) >= 11 is 15.2. The van der Waals surface area contributed by atoms with Crippen molar-refractivity contribution in [1.82, 2.24) is 4.31 Å². The third-order valence-electron chi connectivity index (χ3n) is 4.15. The van der Waals surface area contributed by atoms with Crippen LogP contribution in [0.15, 0.2) is 82.2 Å². The Hall–Kier alpha value is -1.90. The molecule has 0 unspecified atom stereocenters. The number of rotatable bonds is 7. The Kier molecular flexibility index (Phi) is 7.55. The lowest BCUT2D eigenvalue weighted by atomic mass is 10.2. The van der Waals surface area contributed by atoms with Crippen molar-refractivity contribution in [2.24, 2.45) is 0 Å². The maximum Gasteiger partial charge on any atom is 0.243 e. The van der Waals surface area contributed by atoms with Gasteiger partial charge in [-0.1, -0.05) is 57.3 Å². The average molecular weight is 528 g/mol. The number of anilines is 1. The molecule has 1 N–H and O–H groups in total. The van der Waals surface area contributed by atoms with Crippen LogP contribution in [0.5, 0.6) is 0 Å². The smallest absolute Gasteiger partial charge is 0.243 e. The van der Waals surface area contributed by atoms with E-state index in [-0.39, 0.29) is 18.0 Å². The number of nitrogens with one attached hydrogen (secondary N) is 1. The van der Waals surface area contributed by atoms with Crippen LogP contribution in [0.25, 0.3) is 0 Å². The predicted molar refractivity (Wildman–Crippen MR) is 123 cm³/mol. The van der Waals surface area contributed by atoms with Crippen molar-refractivity contribution in [3.05, 3.63) is 92.9 Å². The van der Waals surface area contributed by atoms with Gasteiger partial charge in [-0.2, -0.15) is 4.31 Å². The summed E-state index contributed by atoms with van der Waals surface area (Å²) in [5.74, 6) is -0.480. The fraction of sp³-hybridized carbons (Fsp3) is 0.0952. The van der Waals surface area contributed by atoms with Crippen LogP contribution in [0.4, 0.5) is 5.69 Å². The molecule has 0 aliphatic heterocycles. The molecular weight excluding hydrogens is 511 g/mol. The van der Waals surface area contributed by atoms with Gasteiger partial charge in [-0.05, 0) is 60.2 Å². The lowest BCUT2D eigenvalue weighted by molar-refractivity contribution is -0.116. The summed E-state index contributed by atoms with van der Waals surface area (Å²) < 4.78 is 28.4. The molecule has 0 atom stereocenters. The Morgan fingerprint density at radius 1 is 0.933 bits per heavy atom. The lowest BCUT2D eigenvalue weighted by Crippen LogP contribution is -2.37. The van der Waals surface area contributed by atoms with Crippen LogP contribution >= 0.6 is 39.1 Å². The number of benzene rings is 3. The van der Waals surface area contributed by atoms with Crippen molar-refractivity contribution in [3.63, 3.8) is 0 Å². The van der Waals surface area contributed by atoms with Crippen LogP contribution in [-0.2, 0) is 21.4 Å². The molecule has 0 fully saturated rings. The SMILES string of the molecule is O=C(CN(Cc1ccc(Cl)cc1)S(=O)(=O)c1ccc(Br)cc1)Nc1cccc(Cl)c1. The van der Waals surface area contributed by atoms with Crippen LogP contribution in [0, 0.1) is 0 Å². The molecule has 0 saturated heterocycles. The zero-order chi connectivity index (χ0) is 21.7. The normalized spacial score (nSPS) is 11.5. The largest absolute Gasteiger partial charge is 0.325 e. The quantitative estimate of drug-likeness (QED) is 0.435. The van der Waals surface area contributed by atoms with E-state index in [1.807, 2.05) is 0 Å². The summed E-state index contributed by atoms with van der Waals surface area (Å²) in [6, 6.07) is 19.7. The van der Waals surface area contributed by atoms with Crippen molar-refractivity contribution in [3.8, 4) is 0 Å². The van der Waals surface area contributed by atoms with Gasteiger partial charge in [0.05, 0.1) is 11.4 Å². The number of sulfonamides is 1. The summed E-state index contributed by atoms with van der Waals surface area (Å²) in [6.45, 7) is -0.355. The van der Waals surface area contributed by atoms with Crippen molar-refractivity contribution in [1.29, 1.82) is 0 Å². The van der Waals surface area contributed by atoms with Gasteiger partial charge < -0.3 is 5.32 Å². The second kappa shape index (κ2) is 9.94. The first-order valence-electron chi connectivity index (χ1n) is 8.79. The molecular formula is C21H17BrCl2N2O3S. The zero-order valence-electron chi connectivity index (χ0n) is 15.6. The van der Waals surface area contributed by atoms with E-state index in [1.165, 1.54) is 12.1 Å². The van der Waals surface area contributed by atoms with Gasteiger partial charge in [-0.3, -0.25) is 4.79 Å². The van der Waals surface area contributed by atoms with E-state index in [0.29, 0.717) is 21.3 Å². The minimum Gasteiger partial charge on any atom is -0.325 e. The highest BCUT2D eigenvalue weighted by Crippen LogP contribution is 2.22. The average Bonchev–Trinajstić information content (AvgIpc) is 2.69. The minimum atomic E-state index is -3.93. The minimum absolute atomic E-state index is 0.0124. The van der Waals surface area contributed by atoms with Crippen LogP contribution in [-0.4, -0.2) is 25.2 Å². The highest BCUT2D eigenvalue weighted by atomic mass is 79.9. The van der Waals surface area contributed by atoms with E-state index < -0.39 is 15.9 Å². The number of hydrogen-bond acceptors (Lipinski definition) is 3. The van der Waals surface area contributed by atoms with E-state index in [4.69, 9.17) is 23.2 Å². The standard InChI is InChI=1S/C21H17BrCl2N2O3S/c22-16-6-10-20(11-7-16)30(28,29)26(13-15-4-8-17(23)9-5-15)14-21(27)25-19-3-1-2-18(24)12-19/h1-12H,13-14H2,(H,25,27). The summed E-state index contributed by atoms with van der Waals surface area (Å²) in [7, 11) is -3.93. The highest BCUT2D eigenvalue weighted by Gasteiger charge is 2.27. The van der Waals surface area contributed by atoms with Crippen LogP contribution in [0.2, 0.25) is 10.0 Å². The maximum atomic E-state index is 13.2. The molecule has 5 nitrogen and oxygen atoms in total. The molecule has 3 aromatic rings. The van der Waals surface area contributed by atoms with Gasteiger partial charge in [-0.15, -0.1) is 0 Å². The summed E-state index contributed by atoms with van der Waals surface area (Å²) in [5, 5.41) is 3.69. The number of hydrogen-bond donors (Lipinski definition) is 1. The summed E-state index contributed by atoms with van der Waals surface area (Å²) in [5.41, 5.74) is 1.19. The van der Waals surface area contributed by atoms with E-state index in [0.717, 1.165) is 8.78 Å². The number of amides is 1. The molecule has 0 aromatic heterocycles. The molecule has 0 aliphatic rings. The van der Waals surface area contributed by atoms with Gasteiger partial charge in [0.1, 0.15) is 0 Å². The first-order chi connectivity index (χ1) is 14.2. The molecule has 0 bridgehead atoms. The monoisotopic (exact) mass is 526 g/mol. The molecule has 0 radical (unpaired) electrons. The van der Waals surface area contributed by atoms with Gasteiger partial charge in [0, 0.05) is 26.8 Å². The van der Waals surface area contributed by atoms with Crippen LogP contribution in [0.1, 0.15) is 5.56 Å². The number of carbonyl (C=O) groups excluding carboxylic acids is 1. The maximum absolute atomic E-state index is 13.2. The molecule has 1 amide bonds. The molecule has 0 saturated carbocycles. The van der Waals surface area contributed by atoms with E-state index in [9.17, 15) is 13.2 Å². The van der Waals surface area contributed by atoms with Gasteiger partial charge in [-0.25, -0.2) is 8.42 Å². The fourth-order valence-electron chi connectivity index (χ4n) is 2.70.